The first-order valence-electron chi connectivity index (χ1n) is 11.8. The number of ether oxygens (including phenoxy) is 2. The van der Waals surface area contributed by atoms with Crippen LogP contribution in [0, 0.1) is 28.6 Å². The number of nitriles is 2. The lowest BCUT2D eigenvalue weighted by molar-refractivity contribution is -0.149. The van der Waals surface area contributed by atoms with Crippen molar-refractivity contribution in [3.05, 3.63) is 59.7 Å². The van der Waals surface area contributed by atoms with Crippen LogP contribution in [0.15, 0.2) is 59.0 Å². The van der Waals surface area contributed by atoms with Crippen LogP contribution >= 0.6 is 0 Å². The number of carbonyl (C=O) groups is 3. The number of esters is 1. The highest BCUT2D eigenvalue weighted by atomic mass is 32.2. The molecule has 0 bridgehead atoms. The number of piperidine rings is 1. The van der Waals surface area contributed by atoms with Crippen LogP contribution in [0.2, 0.25) is 0 Å². The number of rotatable bonds is 6. The Bertz CT molecular complexity index is 1520. The van der Waals surface area contributed by atoms with E-state index in [1.165, 1.54) is 40.6 Å². The Labute approximate surface area is 224 Å². The molecule has 0 aromatic heterocycles. The molecule has 0 radical (unpaired) electrons. The van der Waals surface area contributed by atoms with Gasteiger partial charge in [-0.3, -0.25) is 19.8 Å². The summed E-state index contributed by atoms with van der Waals surface area (Å²) in [6, 6.07) is 15.5. The van der Waals surface area contributed by atoms with Gasteiger partial charge in [-0.25, -0.2) is 13.2 Å². The molecule has 0 spiro atoms. The Morgan fingerprint density at radius 2 is 1.79 bits per heavy atom. The van der Waals surface area contributed by atoms with Gasteiger partial charge in [0.2, 0.25) is 10.0 Å². The number of benzene rings is 2. The molecule has 1 fully saturated rings. The number of allylic oxidation sites excluding steroid dienone is 1. The predicted octanol–water partition coefficient (Wildman–Crippen LogP) is 2.61. The van der Waals surface area contributed by atoms with Gasteiger partial charge in [-0.05, 0) is 43.2 Å². The lowest BCUT2D eigenvalue weighted by Gasteiger charge is -2.31. The van der Waals surface area contributed by atoms with Crippen LogP contribution < -0.4 is 10.2 Å². The van der Waals surface area contributed by atoms with Gasteiger partial charge in [0.1, 0.15) is 17.7 Å². The molecule has 0 saturated carbocycles. The minimum absolute atomic E-state index is 0.00342. The summed E-state index contributed by atoms with van der Waals surface area (Å²) in [5.41, 5.74) is 0.733. The van der Waals surface area contributed by atoms with E-state index in [0.717, 1.165) is 0 Å². The molecule has 1 saturated heterocycles. The maximum atomic E-state index is 13.2. The second-order valence-electron chi connectivity index (χ2n) is 8.66. The second kappa shape index (κ2) is 11.3. The first kappa shape index (κ1) is 27.3. The van der Waals surface area contributed by atoms with Crippen molar-refractivity contribution in [2.24, 2.45) is 5.92 Å². The summed E-state index contributed by atoms with van der Waals surface area (Å²) in [4.78, 5) is 38.5. The van der Waals surface area contributed by atoms with Gasteiger partial charge in [-0.1, -0.05) is 18.2 Å². The number of hydrogen-bond acceptors (Lipinski definition) is 9. The molecule has 2 aliphatic rings. The van der Waals surface area contributed by atoms with Crippen molar-refractivity contribution >= 4 is 44.9 Å². The van der Waals surface area contributed by atoms with Crippen molar-refractivity contribution in [2.75, 3.05) is 37.1 Å². The van der Waals surface area contributed by atoms with Gasteiger partial charge in [0.05, 0.1) is 29.2 Å². The summed E-state index contributed by atoms with van der Waals surface area (Å²) < 4.78 is 37.5. The topological polar surface area (TPSA) is 170 Å². The van der Waals surface area contributed by atoms with Gasteiger partial charge in [0.15, 0.2) is 6.73 Å². The molecule has 2 heterocycles. The van der Waals surface area contributed by atoms with E-state index in [4.69, 9.17) is 4.74 Å². The van der Waals surface area contributed by atoms with Gasteiger partial charge in [-0.15, -0.1) is 0 Å². The number of methoxy groups -OCH3 is 1. The zero-order chi connectivity index (χ0) is 28.2. The van der Waals surface area contributed by atoms with E-state index in [1.54, 1.807) is 36.4 Å². The fourth-order valence-electron chi connectivity index (χ4n) is 4.41. The molecule has 1 unspecified atom stereocenters. The van der Waals surface area contributed by atoms with Crippen molar-refractivity contribution in [1.82, 2.24) is 4.31 Å². The fourth-order valence-corrected chi connectivity index (χ4v) is 5.94. The molecule has 39 heavy (non-hydrogen) atoms. The lowest BCUT2D eigenvalue weighted by Crippen LogP contribution is -2.43. The van der Waals surface area contributed by atoms with Crippen LogP contribution in [0.3, 0.4) is 0 Å². The van der Waals surface area contributed by atoms with Gasteiger partial charge in [0, 0.05) is 24.3 Å². The van der Waals surface area contributed by atoms with E-state index >= 15 is 0 Å². The number of fused-ring (bicyclic) bond motifs is 1. The minimum Gasteiger partial charge on any atom is -0.453 e. The zero-order valence-electron chi connectivity index (χ0n) is 20.8. The summed E-state index contributed by atoms with van der Waals surface area (Å²) >= 11 is 0. The highest BCUT2D eigenvalue weighted by molar-refractivity contribution is 7.89. The Hall–Kier alpha value is -4.72. The molecule has 2 amide bonds. The van der Waals surface area contributed by atoms with Crippen molar-refractivity contribution in [3.8, 4) is 12.1 Å². The Morgan fingerprint density at radius 1 is 1.10 bits per heavy atom. The standard InChI is InChI=1S/C26H23N5O7S/c1-37-26(34)29-19-8-10-20(11-9-19)39(35,36)30-12-4-5-17(15-30)25(33)38-16-31-22-7-3-2-6-21(22)23(24(31)32)18(13-27)14-28/h2-3,6-11,17H,4-5,12,15-16H2,1H3,(H,29,34). The normalized spacial score (nSPS) is 17.0. The van der Waals surface area contributed by atoms with Crippen molar-refractivity contribution in [2.45, 2.75) is 17.7 Å². The molecule has 0 aliphatic carbocycles. The molecule has 12 nitrogen and oxygen atoms in total. The molecular weight excluding hydrogens is 526 g/mol. The van der Waals surface area contributed by atoms with Crippen LogP contribution in [-0.4, -0.2) is 57.6 Å². The van der Waals surface area contributed by atoms with Crippen molar-refractivity contribution in [3.63, 3.8) is 0 Å². The predicted molar refractivity (Wildman–Crippen MR) is 137 cm³/mol. The smallest absolute Gasteiger partial charge is 0.411 e. The number of carbonyl (C=O) groups excluding carboxylic acids is 3. The summed E-state index contributed by atoms with van der Waals surface area (Å²) in [5, 5.41) is 21.0. The van der Waals surface area contributed by atoms with Crippen molar-refractivity contribution in [1.29, 1.82) is 10.5 Å². The Kier molecular flexibility index (Phi) is 7.95. The Morgan fingerprint density at radius 3 is 2.46 bits per heavy atom. The van der Waals surface area contributed by atoms with Crippen LogP contribution in [0.5, 0.6) is 0 Å². The van der Waals surface area contributed by atoms with Crippen LogP contribution in [0.4, 0.5) is 16.2 Å². The van der Waals surface area contributed by atoms with Crippen LogP contribution in [0.25, 0.3) is 5.57 Å². The summed E-state index contributed by atoms with van der Waals surface area (Å²) in [6.07, 6.45) is 0.132. The molecule has 4 rings (SSSR count). The quantitative estimate of drug-likeness (QED) is 0.323. The third kappa shape index (κ3) is 5.45. The monoisotopic (exact) mass is 549 g/mol. The number of nitrogens with zero attached hydrogens (tertiary/aromatic N) is 4. The molecular formula is C26H23N5O7S. The largest absolute Gasteiger partial charge is 0.453 e. The van der Waals surface area contributed by atoms with E-state index < -0.39 is 40.6 Å². The maximum absolute atomic E-state index is 13.2. The average molecular weight is 550 g/mol. The highest BCUT2D eigenvalue weighted by Crippen LogP contribution is 2.38. The number of amides is 2. The fraction of sp³-hybridized carbons (Fsp3) is 0.269. The summed E-state index contributed by atoms with van der Waals surface area (Å²) in [7, 11) is -2.72. The van der Waals surface area contributed by atoms with Gasteiger partial charge >= 0.3 is 12.1 Å². The summed E-state index contributed by atoms with van der Waals surface area (Å²) in [5.74, 6) is -2.07. The lowest BCUT2D eigenvalue weighted by atomic mass is 10.0. The van der Waals surface area contributed by atoms with Crippen LogP contribution in [0.1, 0.15) is 18.4 Å². The van der Waals surface area contributed by atoms with E-state index in [9.17, 15) is 33.3 Å². The molecule has 1 atom stereocenters. The summed E-state index contributed by atoms with van der Waals surface area (Å²) in [6.45, 7) is -0.349. The van der Waals surface area contributed by atoms with Crippen molar-refractivity contribution < 1.29 is 32.3 Å². The van der Waals surface area contributed by atoms with E-state index in [0.29, 0.717) is 29.8 Å². The number of nitrogens with one attached hydrogen (secondary N) is 1. The van der Waals surface area contributed by atoms with E-state index in [-0.39, 0.29) is 29.1 Å². The number of sulfonamides is 1. The van der Waals surface area contributed by atoms with E-state index in [1.807, 2.05) is 0 Å². The zero-order valence-corrected chi connectivity index (χ0v) is 21.6. The Balaban J connectivity index is 1.44. The molecule has 1 N–H and O–H groups in total. The molecule has 2 aliphatic heterocycles. The number of anilines is 2. The first-order chi connectivity index (χ1) is 18.7. The van der Waals surface area contributed by atoms with Gasteiger partial charge < -0.3 is 9.47 Å². The SMILES string of the molecule is COC(=O)Nc1ccc(S(=O)(=O)N2CCCC(C(=O)OCN3C(=O)C(=C(C#N)C#N)c4ccccc43)C2)cc1. The van der Waals surface area contributed by atoms with Gasteiger partial charge in [0.25, 0.3) is 5.91 Å². The molecule has 2 aromatic carbocycles. The molecule has 13 heteroatoms. The van der Waals surface area contributed by atoms with Crippen LogP contribution in [-0.2, 0) is 29.1 Å². The minimum atomic E-state index is -3.93. The second-order valence-corrected chi connectivity index (χ2v) is 10.6. The molecule has 2 aromatic rings. The third-order valence-corrected chi connectivity index (χ3v) is 8.25. The number of para-hydroxylation sites is 1. The highest BCUT2D eigenvalue weighted by Gasteiger charge is 2.37. The van der Waals surface area contributed by atoms with Gasteiger partial charge in [-0.2, -0.15) is 14.8 Å². The number of hydrogen-bond donors (Lipinski definition) is 1. The third-order valence-electron chi connectivity index (χ3n) is 6.37. The van der Waals surface area contributed by atoms with E-state index in [2.05, 4.69) is 10.1 Å². The maximum Gasteiger partial charge on any atom is 0.411 e. The molecule has 200 valence electrons. The average Bonchev–Trinajstić information content (AvgIpc) is 3.23. The first-order valence-corrected chi connectivity index (χ1v) is 13.2.